The van der Waals surface area contributed by atoms with Gasteiger partial charge >= 0.3 is 0 Å². The summed E-state index contributed by atoms with van der Waals surface area (Å²) in [6.45, 7) is 2.67. The minimum atomic E-state index is 0.683. The number of hydrogen-bond donors (Lipinski definition) is 0. The fourth-order valence-electron chi connectivity index (χ4n) is 1.28. The van der Waals surface area contributed by atoms with Crippen LogP contribution in [-0.4, -0.2) is 11.6 Å². The molecule has 3 heteroatoms. The van der Waals surface area contributed by atoms with Crippen LogP contribution in [0.5, 0.6) is 5.75 Å². The second kappa shape index (κ2) is 4.24. The number of hydrogen-bond acceptors (Lipinski definition) is 3. The van der Waals surface area contributed by atoms with E-state index in [9.17, 15) is 0 Å². The summed E-state index contributed by atoms with van der Waals surface area (Å²) in [6, 6.07) is 7.98. The van der Waals surface area contributed by atoms with E-state index in [1.165, 1.54) is 0 Å². The first-order valence-electron chi connectivity index (χ1n) is 4.53. The second-order valence-corrected chi connectivity index (χ2v) is 3.66. The molecule has 14 heavy (non-hydrogen) atoms. The van der Waals surface area contributed by atoms with Gasteiger partial charge in [-0.3, -0.25) is 0 Å². The average Bonchev–Trinajstić information content (AvgIpc) is 2.72. The number of benzene rings is 1. The summed E-state index contributed by atoms with van der Waals surface area (Å²) < 4.78 is 5.53. The van der Waals surface area contributed by atoms with Crippen LogP contribution < -0.4 is 4.74 Å². The lowest BCUT2D eigenvalue weighted by molar-refractivity contribution is 0.341. The molecule has 0 saturated heterocycles. The molecule has 2 rings (SSSR count). The maximum atomic E-state index is 5.53. The first-order valence-corrected chi connectivity index (χ1v) is 5.41. The lowest BCUT2D eigenvalue weighted by atomic mass is 10.2. The Kier molecular flexibility index (Phi) is 2.79. The highest BCUT2D eigenvalue weighted by Crippen LogP contribution is 2.30. The lowest BCUT2D eigenvalue weighted by Gasteiger charge is -2.06. The molecule has 0 N–H and O–H groups in total. The number of ether oxygens (including phenoxy) is 1. The molecule has 0 radical (unpaired) electrons. The van der Waals surface area contributed by atoms with Crippen molar-refractivity contribution in [3.05, 3.63) is 35.8 Å². The van der Waals surface area contributed by atoms with Gasteiger partial charge in [0, 0.05) is 11.6 Å². The summed E-state index contributed by atoms with van der Waals surface area (Å²) in [6.07, 6.45) is 1.81. The highest BCUT2D eigenvalue weighted by Gasteiger charge is 2.06. The minimum Gasteiger partial charge on any atom is -0.493 e. The molecule has 0 fully saturated rings. The zero-order chi connectivity index (χ0) is 9.80. The fourth-order valence-corrected chi connectivity index (χ4v) is 1.95. The topological polar surface area (TPSA) is 22.1 Å². The molecule has 2 aromatic rings. The Hall–Kier alpha value is -1.35. The smallest absolute Gasteiger partial charge is 0.129 e. The van der Waals surface area contributed by atoms with E-state index in [2.05, 4.69) is 4.98 Å². The molecule has 0 spiro atoms. The Labute approximate surface area is 87.2 Å². The maximum Gasteiger partial charge on any atom is 0.129 e. The highest BCUT2D eigenvalue weighted by atomic mass is 32.1. The van der Waals surface area contributed by atoms with Crippen molar-refractivity contribution in [3.63, 3.8) is 0 Å². The van der Waals surface area contributed by atoms with Crippen LogP contribution in [0.25, 0.3) is 10.6 Å². The number of thiazole rings is 1. The summed E-state index contributed by atoms with van der Waals surface area (Å²) in [5.74, 6) is 0.907. The summed E-state index contributed by atoms with van der Waals surface area (Å²) in [7, 11) is 0. The van der Waals surface area contributed by atoms with Crippen LogP contribution in [0.15, 0.2) is 35.8 Å². The molecule has 2 nitrogen and oxygen atoms in total. The van der Waals surface area contributed by atoms with Gasteiger partial charge in [0.05, 0.1) is 12.2 Å². The largest absolute Gasteiger partial charge is 0.493 e. The zero-order valence-electron chi connectivity index (χ0n) is 7.93. The van der Waals surface area contributed by atoms with E-state index in [1.807, 2.05) is 42.8 Å². The van der Waals surface area contributed by atoms with Crippen molar-refractivity contribution in [3.8, 4) is 16.3 Å². The van der Waals surface area contributed by atoms with E-state index < -0.39 is 0 Å². The van der Waals surface area contributed by atoms with Gasteiger partial charge in [0.25, 0.3) is 0 Å². The molecular weight excluding hydrogens is 194 g/mol. The lowest BCUT2D eigenvalue weighted by Crippen LogP contribution is -1.93. The molecule has 0 aliphatic heterocycles. The Morgan fingerprint density at radius 1 is 1.36 bits per heavy atom. The Balaban J connectivity index is 2.42. The maximum absolute atomic E-state index is 5.53. The van der Waals surface area contributed by atoms with E-state index in [-0.39, 0.29) is 0 Å². The Morgan fingerprint density at radius 2 is 2.21 bits per heavy atom. The first kappa shape index (κ1) is 9.21. The predicted octanol–water partition coefficient (Wildman–Crippen LogP) is 3.21. The van der Waals surface area contributed by atoms with Crippen LogP contribution in [0, 0.1) is 0 Å². The summed E-state index contributed by atoms with van der Waals surface area (Å²) in [4.78, 5) is 4.27. The van der Waals surface area contributed by atoms with E-state index in [0.29, 0.717) is 6.61 Å². The highest BCUT2D eigenvalue weighted by molar-refractivity contribution is 7.13. The quantitative estimate of drug-likeness (QED) is 0.767. The molecular formula is C11H11NOS. The molecule has 0 atom stereocenters. The molecule has 72 valence electrons. The van der Waals surface area contributed by atoms with Crippen molar-refractivity contribution in [1.29, 1.82) is 0 Å². The molecule has 0 amide bonds. The third-order valence-corrected chi connectivity index (χ3v) is 2.66. The number of para-hydroxylation sites is 1. The normalized spacial score (nSPS) is 10.1. The van der Waals surface area contributed by atoms with E-state index >= 15 is 0 Å². The molecule has 0 aliphatic rings. The average molecular weight is 205 g/mol. The van der Waals surface area contributed by atoms with Gasteiger partial charge in [0.15, 0.2) is 0 Å². The van der Waals surface area contributed by atoms with Crippen LogP contribution in [0.2, 0.25) is 0 Å². The van der Waals surface area contributed by atoms with E-state index in [0.717, 1.165) is 16.3 Å². The van der Waals surface area contributed by atoms with Crippen molar-refractivity contribution in [1.82, 2.24) is 4.98 Å². The van der Waals surface area contributed by atoms with Gasteiger partial charge in [0.1, 0.15) is 10.8 Å². The van der Waals surface area contributed by atoms with Gasteiger partial charge in [0.2, 0.25) is 0 Å². The zero-order valence-corrected chi connectivity index (χ0v) is 8.75. The molecule has 0 unspecified atom stereocenters. The predicted molar refractivity (Wildman–Crippen MR) is 58.7 cm³/mol. The van der Waals surface area contributed by atoms with Crippen LogP contribution >= 0.6 is 11.3 Å². The van der Waals surface area contributed by atoms with E-state index in [4.69, 9.17) is 4.74 Å². The summed E-state index contributed by atoms with van der Waals surface area (Å²) >= 11 is 1.62. The van der Waals surface area contributed by atoms with Gasteiger partial charge in [-0.15, -0.1) is 11.3 Å². The van der Waals surface area contributed by atoms with E-state index in [1.54, 1.807) is 11.3 Å². The van der Waals surface area contributed by atoms with Crippen LogP contribution in [-0.2, 0) is 0 Å². The Morgan fingerprint density at radius 3 is 2.93 bits per heavy atom. The third-order valence-electron chi connectivity index (χ3n) is 1.85. The van der Waals surface area contributed by atoms with Crippen LogP contribution in [0.1, 0.15) is 6.92 Å². The van der Waals surface area contributed by atoms with Gasteiger partial charge in [-0.25, -0.2) is 4.98 Å². The van der Waals surface area contributed by atoms with Crippen molar-refractivity contribution >= 4 is 11.3 Å². The van der Waals surface area contributed by atoms with Crippen LogP contribution in [0.3, 0.4) is 0 Å². The van der Waals surface area contributed by atoms with Gasteiger partial charge in [-0.1, -0.05) is 12.1 Å². The molecule has 0 bridgehead atoms. The second-order valence-electron chi connectivity index (χ2n) is 2.77. The van der Waals surface area contributed by atoms with Crippen LogP contribution in [0.4, 0.5) is 0 Å². The van der Waals surface area contributed by atoms with Crippen molar-refractivity contribution in [2.24, 2.45) is 0 Å². The molecule has 1 aromatic heterocycles. The standard InChI is InChI=1S/C11H11NOS/c1-2-13-10-6-4-3-5-9(10)11-12-7-8-14-11/h3-8H,2H2,1H3. The number of nitrogens with zero attached hydrogens (tertiary/aromatic N) is 1. The monoisotopic (exact) mass is 205 g/mol. The number of rotatable bonds is 3. The third kappa shape index (κ3) is 1.77. The number of aromatic nitrogens is 1. The fraction of sp³-hybridized carbons (Fsp3) is 0.182. The minimum absolute atomic E-state index is 0.683. The van der Waals surface area contributed by atoms with Crippen molar-refractivity contribution < 1.29 is 4.74 Å². The summed E-state index contributed by atoms with van der Waals surface area (Å²) in [5, 5.41) is 2.98. The summed E-state index contributed by atoms with van der Waals surface area (Å²) in [5.41, 5.74) is 1.07. The Bertz CT molecular complexity index is 397. The van der Waals surface area contributed by atoms with Gasteiger partial charge in [-0.05, 0) is 19.1 Å². The van der Waals surface area contributed by atoms with Gasteiger partial charge in [-0.2, -0.15) is 0 Å². The molecule has 1 heterocycles. The van der Waals surface area contributed by atoms with Gasteiger partial charge < -0.3 is 4.74 Å². The molecule has 1 aromatic carbocycles. The van der Waals surface area contributed by atoms with Crippen molar-refractivity contribution in [2.75, 3.05) is 6.61 Å². The SMILES string of the molecule is CCOc1ccccc1-c1nccs1. The molecule has 0 aliphatic carbocycles. The molecule has 0 saturated carbocycles. The first-order chi connectivity index (χ1) is 6.92. The van der Waals surface area contributed by atoms with Crippen molar-refractivity contribution in [2.45, 2.75) is 6.92 Å².